The standard InChI is InChI=1S/C14H23NO2/c1-9(2)10(3)8-15-11(4)13-7-12(16)5-6-14(13)17/h5-7,9-11,15-17H,8H2,1-4H3. The van der Waals surface area contributed by atoms with Crippen molar-refractivity contribution in [3.63, 3.8) is 0 Å². The Bertz CT molecular complexity index is 363. The zero-order valence-electron chi connectivity index (χ0n) is 11.1. The average molecular weight is 237 g/mol. The zero-order chi connectivity index (χ0) is 13.0. The van der Waals surface area contributed by atoms with Crippen molar-refractivity contribution in [3.8, 4) is 11.5 Å². The van der Waals surface area contributed by atoms with E-state index in [4.69, 9.17) is 0 Å². The normalized spacial score (nSPS) is 14.9. The average Bonchev–Trinajstić information content (AvgIpc) is 2.28. The molecule has 3 N–H and O–H groups in total. The summed E-state index contributed by atoms with van der Waals surface area (Å²) in [5, 5.41) is 22.5. The Kier molecular flexibility index (Phi) is 4.82. The van der Waals surface area contributed by atoms with E-state index < -0.39 is 0 Å². The quantitative estimate of drug-likeness (QED) is 0.690. The molecule has 17 heavy (non-hydrogen) atoms. The van der Waals surface area contributed by atoms with Crippen LogP contribution in [0.3, 0.4) is 0 Å². The number of nitrogens with one attached hydrogen (secondary N) is 1. The van der Waals surface area contributed by atoms with Crippen molar-refractivity contribution < 1.29 is 10.2 Å². The van der Waals surface area contributed by atoms with E-state index in [1.165, 1.54) is 12.1 Å². The summed E-state index contributed by atoms with van der Waals surface area (Å²) in [6.07, 6.45) is 0. The van der Waals surface area contributed by atoms with Gasteiger partial charge in [0.2, 0.25) is 0 Å². The highest BCUT2D eigenvalue weighted by Gasteiger charge is 2.13. The lowest BCUT2D eigenvalue weighted by atomic mass is 9.97. The third kappa shape index (κ3) is 3.93. The van der Waals surface area contributed by atoms with Crippen molar-refractivity contribution >= 4 is 0 Å². The molecule has 0 fully saturated rings. The van der Waals surface area contributed by atoms with Gasteiger partial charge in [0, 0.05) is 11.6 Å². The van der Waals surface area contributed by atoms with Gasteiger partial charge in [-0.15, -0.1) is 0 Å². The van der Waals surface area contributed by atoms with Gasteiger partial charge in [-0.25, -0.2) is 0 Å². The van der Waals surface area contributed by atoms with E-state index in [9.17, 15) is 10.2 Å². The molecule has 0 spiro atoms. The second-order valence-electron chi connectivity index (χ2n) is 5.09. The van der Waals surface area contributed by atoms with E-state index in [0.717, 1.165) is 12.1 Å². The second-order valence-corrected chi connectivity index (χ2v) is 5.09. The first-order valence-corrected chi connectivity index (χ1v) is 6.17. The van der Waals surface area contributed by atoms with Gasteiger partial charge >= 0.3 is 0 Å². The van der Waals surface area contributed by atoms with Crippen LogP contribution in [0.2, 0.25) is 0 Å². The summed E-state index contributed by atoms with van der Waals surface area (Å²) in [6, 6.07) is 4.65. The molecule has 96 valence electrons. The highest BCUT2D eigenvalue weighted by Crippen LogP contribution is 2.27. The zero-order valence-corrected chi connectivity index (χ0v) is 11.1. The van der Waals surface area contributed by atoms with Gasteiger partial charge in [0.15, 0.2) is 0 Å². The van der Waals surface area contributed by atoms with Crippen molar-refractivity contribution in [1.82, 2.24) is 5.32 Å². The molecule has 0 saturated carbocycles. The van der Waals surface area contributed by atoms with E-state index in [2.05, 4.69) is 26.1 Å². The number of hydrogen-bond donors (Lipinski definition) is 3. The summed E-state index contributed by atoms with van der Waals surface area (Å²) in [4.78, 5) is 0. The molecule has 2 unspecified atom stereocenters. The first-order valence-electron chi connectivity index (χ1n) is 6.17. The van der Waals surface area contributed by atoms with Crippen LogP contribution in [0.1, 0.15) is 39.3 Å². The fraction of sp³-hybridized carbons (Fsp3) is 0.571. The molecule has 0 aliphatic carbocycles. The molecule has 3 heteroatoms. The van der Waals surface area contributed by atoms with Crippen LogP contribution in [0.4, 0.5) is 0 Å². The highest BCUT2D eigenvalue weighted by atomic mass is 16.3. The summed E-state index contributed by atoms with van der Waals surface area (Å²) in [6.45, 7) is 9.48. The monoisotopic (exact) mass is 237 g/mol. The Labute approximate surface area is 103 Å². The molecule has 0 aromatic heterocycles. The summed E-state index contributed by atoms with van der Waals surface area (Å²) < 4.78 is 0. The lowest BCUT2D eigenvalue weighted by molar-refractivity contribution is 0.370. The first-order chi connectivity index (χ1) is 7.91. The summed E-state index contributed by atoms with van der Waals surface area (Å²) in [5.41, 5.74) is 0.737. The molecule has 0 saturated heterocycles. The molecule has 2 atom stereocenters. The number of aromatic hydroxyl groups is 2. The van der Waals surface area contributed by atoms with Gasteiger partial charge in [-0.05, 0) is 43.5 Å². The minimum Gasteiger partial charge on any atom is -0.508 e. The third-order valence-electron chi connectivity index (χ3n) is 3.36. The number of phenolic OH excluding ortho intramolecular Hbond substituents is 2. The summed E-state index contributed by atoms with van der Waals surface area (Å²) in [5.74, 6) is 1.62. The molecule has 0 amide bonds. The maximum atomic E-state index is 9.73. The van der Waals surface area contributed by atoms with Gasteiger partial charge in [-0.2, -0.15) is 0 Å². The van der Waals surface area contributed by atoms with E-state index in [0.29, 0.717) is 11.8 Å². The van der Waals surface area contributed by atoms with Gasteiger partial charge in [0.05, 0.1) is 0 Å². The van der Waals surface area contributed by atoms with Crippen molar-refractivity contribution in [1.29, 1.82) is 0 Å². The van der Waals surface area contributed by atoms with Crippen LogP contribution >= 0.6 is 0 Å². The van der Waals surface area contributed by atoms with E-state index in [1.54, 1.807) is 6.07 Å². The summed E-state index contributed by atoms with van der Waals surface area (Å²) >= 11 is 0. The summed E-state index contributed by atoms with van der Waals surface area (Å²) in [7, 11) is 0. The maximum Gasteiger partial charge on any atom is 0.120 e. The van der Waals surface area contributed by atoms with Crippen LogP contribution in [0, 0.1) is 11.8 Å². The number of hydrogen-bond acceptors (Lipinski definition) is 3. The molecular weight excluding hydrogens is 214 g/mol. The predicted molar refractivity (Wildman–Crippen MR) is 70.2 cm³/mol. The number of benzene rings is 1. The molecule has 3 nitrogen and oxygen atoms in total. The lowest BCUT2D eigenvalue weighted by Crippen LogP contribution is -2.26. The van der Waals surface area contributed by atoms with Crippen LogP contribution in [0.5, 0.6) is 11.5 Å². The van der Waals surface area contributed by atoms with Crippen molar-refractivity contribution in [2.45, 2.75) is 33.7 Å². The Balaban J connectivity index is 2.63. The van der Waals surface area contributed by atoms with E-state index in [-0.39, 0.29) is 17.5 Å². The first kappa shape index (κ1) is 13.8. The number of phenols is 2. The minimum atomic E-state index is 0.0308. The Morgan fingerprint density at radius 2 is 1.76 bits per heavy atom. The van der Waals surface area contributed by atoms with Gasteiger partial charge in [-0.3, -0.25) is 0 Å². The van der Waals surface area contributed by atoms with Crippen LogP contribution in [0.15, 0.2) is 18.2 Å². The predicted octanol–water partition coefficient (Wildman–Crippen LogP) is 3.04. The molecular formula is C14H23NO2. The maximum absolute atomic E-state index is 9.73. The van der Waals surface area contributed by atoms with Gasteiger partial charge in [0.1, 0.15) is 11.5 Å². The largest absolute Gasteiger partial charge is 0.508 e. The van der Waals surface area contributed by atoms with Gasteiger partial charge < -0.3 is 15.5 Å². The molecule has 0 radical (unpaired) electrons. The fourth-order valence-electron chi connectivity index (χ4n) is 1.60. The van der Waals surface area contributed by atoms with E-state index >= 15 is 0 Å². The minimum absolute atomic E-state index is 0.0308. The Morgan fingerprint density at radius 3 is 2.35 bits per heavy atom. The van der Waals surface area contributed by atoms with Crippen molar-refractivity contribution in [2.75, 3.05) is 6.54 Å². The molecule has 0 bridgehead atoms. The highest BCUT2D eigenvalue weighted by molar-refractivity contribution is 5.40. The lowest BCUT2D eigenvalue weighted by Gasteiger charge is -2.21. The molecule has 1 aromatic rings. The SMILES string of the molecule is CC(NCC(C)C(C)C)c1cc(O)ccc1O. The van der Waals surface area contributed by atoms with Crippen LogP contribution in [-0.2, 0) is 0 Å². The van der Waals surface area contributed by atoms with Gasteiger partial charge in [-0.1, -0.05) is 20.8 Å². The van der Waals surface area contributed by atoms with Crippen LogP contribution in [0.25, 0.3) is 0 Å². The van der Waals surface area contributed by atoms with Crippen LogP contribution in [-0.4, -0.2) is 16.8 Å². The molecule has 0 heterocycles. The second kappa shape index (κ2) is 5.92. The van der Waals surface area contributed by atoms with Crippen molar-refractivity contribution in [3.05, 3.63) is 23.8 Å². The Hall–Kier alpha value is -1.22. The topological polar surface area (TPSA) is 52.5 Å². The third-order valence-corrected chi connectivity index (χ3v) is 3.36. The number of rotatable bonds is 5. The molecule has 1 aromatic carbocycles. The molecule has 0 aliphatic heterocycles. The Morgan fingerprint density at radius 1 is 1.12 bits per heavy atom. The van der Waals surface area contributed by atoms with Crippen LogP contribution < -0.4 is 5.32 Å². The smallest absolute Gasteiger partial charge is 0.120 e. The molecule has 1 rings (SSSR count). The van der Waals surface area contributed by atoms with Gasteiger partial charge in [0.25, 0.3) is 0 Å². The van der Waals surface area contributed by atoms with Crippen molar-refractivity contribution in [2.24, 2.45) is 11.8 Å². The fourth-order valence-corrected chi connectivity index (χ4v) is 1.60. The molecule has 0 aliphatic rings. The van der Waals surface area contributed by atoms with E-state index in [1.807, 2.05) is 6.92 Å².